The molecular formula is C13H19N5O4. The Balaban J connectivity index is 2.63. The Kier molecular flexibility index (Phi) is 4.45. The second kappa shape index (κ2) is 6.14. The summed E-state index contributed by atoms with van der Waals surface area (Å²) in [4.78, 5) is 42.0. The largest absolute Gasteiger partial charge is 0.361 e. The smallest absolute Gasteiger partial charge is 0.334 e. The fourth-order valence-electron chi connectivity index (χ4n) is 2.03. The number of nitrogens with zero attached hydrogens (tertiary/aromatic N) is 5. The lowest BCUT2D eigenvalue weighted by atomic mass is 10.4. The van der Waals surface area contributed by atoms with Crippen molar-refractivity contribution >= 4 is 17.1 Å². The summed E-state index contributed by atoms with van der Waals surface area (Å²) in [6, 6.07) is 0. The molecule has 0 saturated carbocycles. The number of hydrogen-bond donors (Lipinski definition) is 0. The van der Waals surface area contributed by atoms with E-state index in [0.29, 0.717) is 6.61 Å². The van der Waals surface area contributed by atoms with Crippen LogP contribution in [0.5, 0.6) is 0 Å². The van der Waals surface area contributed by atoms with Gasteiger partial charge in [0.15, 0.2) is 11.2 Å². The Bertz CT molecular complexity index is 814. The van der Waals surface area contributed by atoms with E-state index in [4.69, 9.17) is 4.74 Å². The molecule has 0 radical (unpaired) electrons. The van der Waals surface area contributed by atoms with Crippen LogP contribution in [0.3, 0.4) is 0 Å². The summed E-state index contributed by atoms with van der Waals surface area (Å²) in [5, 5.41) is 0. The van der Waals surface area contributed by atoms with Crippen molar-refractivity contribution in [2.45, 2.75) is 20.2 Å². The molecule has 2 rings (SSSR count). The van der Waals surface area contributed by atoms with Crippen molar-refractivity contribution < 1.29 is 9.53 Å². The number of ether oxygens (including phenoxy) is 1. The molecule has 0 aliphatic carbocycles. The van der Waals surface area contributed by atoms with Gasteiger partial charge >= 0.3 is 5.69 Å². The molecule has 0 bridgehead atoms. The van der Waals surface area contributed by atoms with Crippen molar-refractivity contribution in [2.75, 3.05) is 20.7 Å². The summed E-state index contributed by atoms with van der Waals surface area (Å²) in [5.74, 6) is -0.177. The molecule has 120 valence electrons. The Morgan fingerprint density at radius 1 is 1.36 bits per heavy atom. The number of imidazole rings is 1. The molecule has 22 heavy (non-hydrogen) atoms. The Hall–Kier alpha value is -2.42. The fourth-order valence-corrected chi connectivity index (χ4v) is 2.03. The van der Waals surface area contributed by atoms with E-state index in [0.717, 1.165) is 4.57 Å². The van der Waals surface area contributed by atoms with Gasteiger partial charge in [-0.25, -0.2) is 14.3 Å². The first-order valence-electron chi connectivity index (χ1n) is 6.81. The topological polar surface area (TPSA) is 91.4 Å². The van der Waals surface area contributed by atoms with Crippen LogP contribution >= 0.6 is 0 Å². The Morgan fingerprint density at radius 3 is 2.64 bits per heavy atom. The van der Waals surface area contributed by atoms with E-state index in [1.54, 1.807) is 21.0 Å². The molecule has 2 aromatic heterocycles. The number of carbonyl (C=O) groups excluding carboxylic acids is 1. The lowest BCUT2D eigenvalue weighted by Gasteiger charge is -2.12. The van der Waals surface area contributed by atoms with Gasteiger partial charge in [0.1, 0.15) is 13.3 Å². The first kappa shape index (κ1) is 16.0. The molecule has 0 fully saturated rings. The molecule has 0 aromatic carbocycles. The SMILES string of the molecule is CCOCn1c(=O)c2c(ncn2CC(=O)N(C)C)n(C)c1=O. The first-order chi connectivity index (χ1) is 10.4. The van der Waals surface area contributed by atoms with E-state index >= 15 is 0 Å². The van der Waals surface area contributed by atoms with Gasteiger partial charge in [0.2, 0.25) is 5.91 Å². The van der Waals surface area contributed by atoms with Gasteiger partial charge in [-0.2, -0.15) is 0 Å². The molecule has 9 nitrogen and oxygen atoms in total. The van der Waals surface area contributed by atoms with Crippen LogP contribution in [-0.4, -0.2) is 50.2 Å². The summed E-state index contributed by atoms with van der Waals surface area (Å²) < 4.78 is 8.87. The minimum atomic E-state index is -0.518. The molecule has 0 aliphatic heterocycles. The van der Waals surface area contributed by atoms with Crippen LogP contribution in [0.1, 0.15) is 6.92 Å². The van der Waals surface area contributed by atoms with E-state index in [-0.39, 0.29) is 30.3 Å². The normalized spacial score (nSPS) is 11.1. The van der Waals surface area contributed by atoms with Gasteiger partial charge in [0, 0.05) is 27.7 Å². The number of carbonyl (C=O) groups is 1. The minimum Gasteiger partial charge on any atom is -0.361 e. The van der Waals surface area contributed by atoms with Crippen molar-refractivity contribution in [2.24, 2.45) is 7.05 Å². The zero-order valence-electron chi connectivity index (χ0n) is 13.1. The second-order valence-electron chi connectivity index (χ2n) is 5.03. The molecule has 1 amide bonds. The highest BCUT2D eigenvalue weighted by atomic mass is 16.5. The molecule has 0 saturated heterocycles. The summed E-state index contributed by atoms with van der Waals surface area (Å²) >= 11 is 0. The van der Waals surface area contributed by atoms with Crippen molar-refractivity contribution in [3.63, 3.8) is 0 Å². The van der Waals surface area contributed by atoms with E-state index in [9.17, 15) is 14.4 Å². The number of likely N-dealkylation sites (N-methyl/N-ethyl adjacent to an activating group) is 1. The predicted octanol–water partition coefficient (Wildman–Crippen LogP) is -1.02. The third-order valence-corrected chi connectivity index (χ3v) is 3.33. The number of amides is 1. The van der Waals surface area contributed by atoms with Gasteiger partial charge in [0.05, 0.1) is 6.33 Å². The average molecular weight is 309 g/mol. The highest BCUT2D eigenvalue weighted by Gasteiger charge is 2.17. The van der Waals surface area contributed by atoms with Crippen molar-refractivity contribution in [3.8, 4) is 0 Å². The van der Waals surface area contributed by atoms with Crippen LogP contribution in [-0.2, 0) is 29.9 Å². The average Bonchev–Trinajstić information content (AvgIpc) is 2.88. The predicted molar refractivity (Wildman–Crippen MR) is 79.6 cm³/mol. The van der Waals surface area contributed by atoms with Gasteiger partial charge in [-0.15, -0.1) is 0 Å². The molecule has 0 spiro atoms. The molecule has 0 unspecified atom stereocenters. The fraction of sp³-hybridized carbons (Fsp3) is 0.538. The maximum Gasteiger partial charge on any atom is 0.334 e. The summed E-state index contributed by atoms with van der Waals surface area (Å²) in [7, 11) is 4.78. The zero-order valence-corrected chi connectivity index (χ0v) is 13.1. The highest BCUT2D eigenvalue weighted by Crippen LogP contribution is 2.06. The molecule has 9 heteroatoms. The summed E-state index contributed by atoms with van der Waals surface area (Å²) in [6.07, 6.45) is 1.39. The third-order valence-electron chi connectivity index (χ3n) is 3.33. The maximum atomic E-state index is 12.5. The molecule has 0 aliphatic rings. The number of hydrogen-bond acceptors (Lipinski definition) is 5. The lowest BCUT2D eigenvalue weighted by molar-refractivity contribution is -0.129. The van der Waals surface area contributed by atoms with Crippen LogP contribution in [0, 0.1) is 0 Å². The van der Waals surface area contributed by atoms with Gasteiger partial charge in [-0.05, 0) is 6.92 Å². The number of rotatable bonds is 5. The van der Waals surface area contributed by atoms with E-state index < -0.39 is 11.2 Å². The maximum absolute atomic E-state index is 12.5. The third kappa shape index (κ3) is 2.67. The number of aryl methyl sites for hydroxylation is 1. The van der Waals surface area contributed by atoms with E-state index in [1.165, 1.54) is 27.4 Å². The van der Waals surface area contributed by atoms with Crippen LogP contribution in [0.2, 0.25) is 0 Å². The van der Waals surface area contributed by atoms with E-state index in [2.05, 4.69) is 4.98 Å². The minimum absolute atomic E-state index is 0.0222. The van der Waals surface area contributed by atoms with Gasteiger partial charge < -0.3 is 14.2 Å². The van der Waals surface area contributed by atoms with Gasteiger partial charge in [0.25, 0.3) is 5.56 Å². The monoisotopic (exact) mass is 309 g/mol. The standard InChI is InChI=1S/C13H19N5O4/c1-5-22-8-18-12(20)10-11(16(4)13(18)21)14-7-17(10)6-9(19)15(2)3/h7H,5-6,8H2,1-4H3. The first-order valence-corrected chi connectivity index (χ1v) is 6.81. The molecule has 0 N–H and O–H groups in total. The number of aromatic nitrogens is 4. The van der Waals surface area contributed by atoms with Crippen LogP contribution in [0.15, 0.2) is 15.9 Å². The summed E-state index contributed by atoms with van der Waals surface area (Å²) in [5.41, 5.74) is -0.572. The zero-order chi connectivity index (χ0) is 16.4. The Labute approximate surface area is 126 Å². The van der Waals surface area contributed by atoms with Crippen molar-refractivity contribution in [3.05, 3.63) is 27.2 Å². The van der Waals surface area contributed by atoms with E-state index in [1.807, 2.05) is 0 Å². The number of fused-ring (bicyclic) bond motifs is 1. The van der Waals surface area contributed by atoms with Gasteiger partial charge in [-0.3, -0.25) is 14.2 Å². The van der Waals surface area contributed by atoms with Crippen molar-refractivity contribution in [1.29, 1.82) is 0 Å². The molecule has 0 atom stereocenters. The second-order valence-corrected chi connectivity index (χ2v) is 5.03. The van der Waals surface area contributed by atoms with Gasteiger partial charge in [-0.1, -0.05) is 0 Å². The molecule has 2 aromatic rings. The molecule has 2 heterocycles. The Morgan fingerprint density at radius 2 is 2.05 bits per heavy atom. The highest BCUT2D eigenvalue weighted by molar-refractivity contribution is 5.78. The van der Waals surface area contributed by atoms with Crippen LogP contribution in [0.25, 0.3) is 11.2 Å². The lowest BCUT2D eigenvalue weighted by Crippen LogP contribution is -2.40. The quantitative estimate of drug-likeness (QED) is 0.705. The van der Waals surface area contributed by atoms with Crippen LogP contribution < -0.4 is 11.2 Å². The summed E-state index contributed by atoms with van der Waals surface area (Å²) in [6.45, 7) is 2.00. The van der Waals surface area contributed by atoms with Crippen molar-refractivity contribution in [1.82, 2.24) is 23.6 Å². The van der Waals surface area contributed by atoms with Crippen LogP contribution in [0.4, 0.5) is 0 Å². The molecular weight excluding hydrogens is 290 g/mol.